The second-order valence-corrected chi connectivity index (χ2v) is 3.84. The molecule has 1 heterocycles. The topological polar surface area (TPSA) is 25.2 Å². The first-order valence-electron chi connectivity index (χ1n) is 4.55. The first-order chi connectivity index (χ1) is 7.36. The van der Waals surface area contributed by atoms with Crippen LogP contribution in [0.1, 0.15) is 5.56 Å². The Bertz CT molecular complexity index is 466. The average Bonchev–Trinajstić information content (AvgIpc) is 2.29. The van der Waals surface area contributed by atoms with E-state index in [-0.39, 0.29) is 0 Å². The Labute approximate surface area is 96.8 Å². The fourth-order valence-corrected chi connectivity index (χ4v) is 1.54. The summed E-state index contributed by atoms with van der Waals surface area (Å²) in [5, 5.41) is 0. The highest BCUT2D eigenvalue weighted by Gasteiger charge is 1.93. The van der Waals surface area contributed by atoms with Crippen molar-refractivity contribution in [1.82, 2.24) is 4.98 Å². The van der Waals surface area contributed by atoms with Gasteiger partial charge in [0.2, 0.25) is 0 Å². The Hall–Kier alpha value is -1.48. The summed E-state index contributed by atoms with van der Waals surface area (Å²) in [5.41, 5.74) is 1.97. The van der Waals surface area contributed by atoms with E-state index in [1.54, 1.807) is 12.4 Å². The molecule has 0 amide bonds. The smallest absolute Gasteiger partial charge is 0.0660 e. The summed E-state index contributed by atoms with van der Waals surface area (Å²) in [5.74, 6) is 0. The van der Waals surface area contributed by atoms with Crippen LogP contribution in [0.5, 0.6) is 0 Å². The fraction of sp³-hybridized carbons (Fsp3) is 0. The quantitative estimate of drug-likeness (QED) is 0.758. The molecule has 0 radical (unpaired) electrons. The first-order valence-corrected chi connectivity index (χ1v) is 5.34. The number of hydrogen-bond donors (Lipinski definition) is 0. The molecular weight excluding hydrogens is 252 g/mol. The van der Waals surface area contributed by atoms with Gasteiger partial charge in [0.05, 0.1) is 5.69 Å². The molecule has 2 rings (SSSR count). The number of aromatic nitrogens is 1. The van der Waals surface area contributed by atoms with Crippen molar-refractivity contribution < 1.29 is 0 Å². The molecule has 74 valence electrons. The maximum Gasteiger partial charge on any atom is 0.0660 e. The van der Waals surface area contributed by atoms with Crippen molar-refractivity contribution in [3.8, 4) is 0 Å². The molecule has 1 aromatic carbocycles. The van der Waals surface area contributed by atoms with Crippen molar-refractivity contribution >= 4 is 27.8 Å². The largest absolute Gasteiger partial charge is 0.265 e. The molecule has 0 aliphatic rings. The highest BCUT2D eigenvalue weighted by molar-refractivity contribution is 9.10. The number of pyridine rings is 1. The predicted molar refractivity (Wildman–Crippen MR) is 65.6 cm³/mol. The van der Waals surface area contributed by atoms with Crippen LogP contribution in [0.3, 0.4) is 0 Å². The fourth-order valence-electron chi connectivity index (χ4n) is 1.15. The van der Waals surface area contributed by atoms with E-state index >= 15 is 0 Å². The summed E-state index contributed by atoms with van der Waals surface area (Å²) < 4.78 is 1.04. The van der Waals surface area contributed by atoms with Gasteiger partial charge in [0, 0.05) is 28.6 Å². The zero-order valence-corrected chi connectivity index (χ0v) is 9.55. The van der Waals surface area contributed by atoms with E-state index in [0.29, 0.717) is 0 Å². The third-order valence-electron chi connectivity index (χ3n) is 1.92. The SMILES string of the molecule is Brc1ccccc1C=Nc1ccncc1. The van der Waals surface area contributed by atoms with E-state index in [0.717, 1.165) is 15.7 Å². The van der Waals surface area contributed by atoms with Crippen LogP contribution < -0.4 is 0 Å². The van der Waals surface area contributed by atoms with Gasteiger partial charge in [-0.05, 0) is 18.2 Å². The summed E-state index contributed by atoms with van der Waals surface area (Å²) in [6, 6.07) is 11.7. The zero-order valence-electron chi connectivity index (χ0n) is 7.97. The number of rotatable bonds is 2. The summed E-state index contributed by atoms with van der Waals surface area (Å²) in [6.45, 7) is 0. The van der Waals surface area contributed by atoms with Gasteiger partial charge in [0.1, 0.15) is 0 Å². The van der Waals surface area contributed by atoms with Gasteiger partial charge < -0.3 is 0 Å². The second-order valence-electron chi connectivity index (χ2n) is 2.99. The lowest BCUT2D eigenvalue weighted by atomic mass is 10.2. The Morgan fingerprint density at radius 3 is 2.53 bits per heavy atom. The first kappa shape index (κ1) is 10.1. The summed E-state index contributed by atoms with van der Waals surface area (Å²) in [7, 11) is 0. The molecule has 3 heteroatoms. The van der Waals surface area contributed by atoms with Crippen molar-refractivity contribution in [2.24, 2.45) is 4.99 Å². The van der Waals surface area contributed by atoms with E-state index in [9.17, 15) is 0 Å². The summed E-state index contributed by atoms with van der Waals surface area (Å²) in [4.78, 5) is 8.28. The Morgan fingerprint density at radius 1 is 1.07 bits per heavy atom. The van der Waals surface area contributed by atoms with Gasteiger partial charge >= 0.3 is 0 Å². The van der Waals surface area contributed by atoms with E-state index in [1.807, 2.05) is 42.6 Å². The van der Waals surface area contributed by atoms with Gasteiger partial charge in [-0.25, -0.2) is 0 Å². The van der Waals surface area contributed by atoms with E-state index in [2.05, 4.69) is 25.9 Å². The number of benzene rings is 1. The van der Waals surface area contributed by atoms with Gasteiger partial charge in [0.25, 0.3) is 0 Å². The third kappa shape index (κ3) is 2.73. The van der Waals surface area contributed by atoms with E-state index < -0.39 is 0 Å². The summed E-state index contributed by atoms with van der Waals surface area (Å²) in [6.07, 6.45) is 5.29. The second kappa shape index (κ2) is 4.84. The molecule has 15 heavy (non-hydrogen) atoms. The Morgan fingerprint density at radius 2 is 1.80 bits per heavy atom. The molecule has 0 saturated heterocycles. The minimum atomic E-state index is 0.903. The van der Waals surface area contributed by atoms with E-state index in [4.69, 9.17) is 0 Å². The van der Waals surface area contributed by atoms with Crippen molar-refractivity contribution in [2.75, 3.05) is 0 Å². The molecule has 0 bridgehead atoms. The van der Waals surface area contributed by atoms with Crippen LogP contribution in [0.25, 0.3) is 0 Å². The van der Waals surface area contributed by atoms with Crippen LogP contribution in [0.15, 0.2) is 58.3 Å². The highest BCUT2D eigenvalue weighted by atomic mass is 79.9. The monoisotopic (exact) mass is 260 g/mol. The maximum atomic E-state index is 4.34. The van der Waals surface area contributed by atoms with Gasteiger partial charge in [-0.1, -0.05) is 34.1 Å². The Kier molecular flexibility index (Phi) is 3.25. The maximum absolute atomic E-state index is 4.34. The van der Waals surface area contributed by atoms with Crippen LogP contribution in [-0.4, -0.2) is 11.2 Å². The molecule has 0 fully saturated rings. The lowest BCUT2D eigenvalue weighted by Gasteiger charge is -1.96. The van der Waals surface area contributed by atoms with Gasteiger partial charge in [0.15, 0.2) is 0 Å². The zero-order chi connectivity index (χ0) is 10.5. The van der Waals surface area contributed by atoms with Crippen LogP contribution in [0.2, 0.25) is 0 Å². The van der Waals surface area contributed by atoms with Crippen molar-refractivity contribution in [3.63, 3.8) is 0 Å². The molecular formula is C12H9BrN2. The molecule has 0 aliphatic carbocycles. The lowest BCUT2D eigenvalue weighted by molar-refractivity contribution is 1.31. The highest BCUT2D eigenvalue weighted by Crippen LogP contribution is 2.15. The molecule has 0 spiro atoms. The molecule has 0 atom stereocenters. The van der Waals surface area contributed by atoms with Crippen molar-refractivity contribution in [2.45, 2.75) is 0 Å². The molecule has 0 unspecified atom stereocenters. The van der Waals surface area contributed by atoms with Gasteiger partial charge in [-0.3, -0.25) is 9.98 Å². The molecule has 2 aromatic rings. The average molecular weight is 261 g/mol. The normalized spacial score (nSPS) is 10.7. The summed E-state index contributed by atoms with van der Waals surface area (Å²) >= 11 is 3.47. The minimum absolute atomic E-state index is 0.903. The predicted octanol–water partition coefficient (Wildman–Crippen LogP) is 3.59. The van der Waals surface area contributed by atoms with Crippen LogP contribution in [0, 0.1) is 0 Å². The van der Waals surface area contributed by atoms with Gasteiger partial charge in [-0.2, -0.15) is 0 Å². The number of nitrogens with zero attached hydrogens (tertiary/aromatic N) is 2. The molecule has 2 nitrogen and oxygen atoms in total. The number of aliphatic imine (C=N–C) groups is 1. The number of halogens is 1. The standard InChI is InChI=1S/C12H9BrN2/c13-12-4-2-1-3-10(12)9-15-11-5-7-14-8-6-11/h1-9H. The van der Waals surface area contributed by atoms with E-state index in [1.165, 1.54) is 0 Å². The minimum Gasteiger partial charge on any atom is -0.265 e. The van der Waals surface area contributed by atoms with Crippen molar-refractivity contribution in [1.29, 1.82) is 0 Å². The molecule has 0 aliphatic heterocycles. The lowest BCUT2D eigenvalue weighted by Crippen LogP contribution is -1.81. The molecule has 1 aromatic heterocycles. The number of hydrogen-bond acceptors (Lipinski definition) is 2. The Balaban J connectivity index is 2.23. The van der Waals surface area contributed by atoms with Crippen LogP contribution in [0.4, 0.5) is 5.69 Å². The molecule has 0 saturated carbocycles. The third-order valence-corrected chi connectivity index (χ3v) is 2.64. The molecule has 0 N–H and O–H groups in total. The van der Waals surface area contributed by atoms with Gasteiger partial charge in [-0.15, -0.1) is 0 Å². The van der Waals surface area contributed by atoms with Crippen molar-refractivity contribution in [3.05, 3.63) is 58.8 Å². The van der Waals surface area contributed by atoms with Crippen LogP contribution >= 0.6 is 15.9 Å². The van der Waals surface area contributed by atoms with Crippen LogP contribution in [-0.2, 0) is 0 Å².